The van der Waals surface area contributed by atoms with Crippen molar-refractivity contribution in [3.05, 3.63) is 84.6 Å². The highest BCUT2D eigenvalue weighted by molar-refractivity contribution is 5.69. The van der Waals surface area contributed by atoms with Crippen molar-refractivity contribution < 1.29 is 9.13 Å². The molecular formula is C24H30FN3O. The van der Waals surface area contributed by atoms with Gasteiger partial charge in [-0.1, -0.05) is 52.5 Å². The van der Waals surface area contributed by atoms with Crippen molar-refractivity contribution in [1.82, 2.24) is 14.6 Å². The number of allylic oxidation sites excluding steroid dienone is 5. The zero-order valence-corrected chi connectivity index (χ0v) is 18.1. The largest absolute Gasteiger partial charge is 0.437 e. The molecule has 154 valence electrons. The van der Waals surface area contributed by atoms with E-state index >= 15 is 0 Å². The van der Waals surface area contributed by atoms with E-state index in [4.69, 9.17) is 4.74 Å². The third-order valence-corrected chi connectivity index (χ3v) is 3.51. The van der Waals surface area contributed by atoms with Crippen LogP contribution in [-0.4, -0.2) is 14.6 Å². The van der Waals surface area contributed by atoms with E-state index in [0.29, 0.717) is 28.6 Å². The summed E-state index contributed by atoms with van der Waals surface area (Å²) in [6.45, 7) is 15.3. The van der Waals surface area contributed by atoms with Gasteiger partial charge in [-0.25, -0.2) is 8.91 Å². The number of para-hydroxylation sites is 1. The van der Waals surface area contributed by atoms with Crippen LogP contribution in [0.4, 0.5) is 4.39 Å². The zero-order chi connectivity index (χ0) is 21.8. The Bertz CT molecular complexity index is 968. The Morgan fingerprint density at radius 3 is 2.28 bits per heavy atom. The van der Waals surface area contributed by atoms with E-state index in [9.17, 15) is 4.39 Å². The normalized spacial score (nSPS) is 9.90. The molecule has 0 radical (unpaired) electrons. The van der Waals surface area contributed by atoms with Crippen molar-refractivity contribution in [1.29, 1.82) is 0 Å². The second kappa shape index (κ2) is 12.3. The Kier molecular flexibility index (Phi) is 10.1. The minimum atomic E-state index is -0.302. The van der Waals surface area contributed by atoms with Crippen molar-refractivity contribution >= 4 is 11.1 Å². The Hall–Kier alpha value is -3.21. The minimum Gasteiger partial charge on any atom is -0.437 e. The van der Waals surface area contributed by atoms with Crippen LogP contribution in [0.5, 0.6) is 11.6 Å². The summed E-state index contributed by atoms with van der Waals surface area (Å²) in [5.41, 5.74) is 1.82. The molecule has 2 aromatic heterocycles. The van der Waals surface area contributed by atoms with Gasteiger partial charge in [0.1, 0.15) is 17.1 Å². The fraction of sp³-hybridized carbons (Fsp3) is 0.250. The van der Waals surface area contributed by atoms with Gasteiger partial charge >= 0.3 is 0 Å². The monoisotopic (exact) mass is 395 g/mol. The molecule has 4 nitrogen and oxygen atoms in total. The van der Waals surface area contributed by atoms with Gasteiger partial charge in [-0.3, -0.25) is 0 Å². The number of rotatable bonds is 5. The van der Waals surface area contributed by atoms with E-state index in [1.165, 1.54) is 6.08 Å². The van der Waals surface area contributed by atoms with Crippen molar-refractivity contribution in [2.75, 3.05) is 0 Å². The average Bonchev–Trinajstić information content (AvgIpc) is 3.24. The first kappa shape index (κ1) is 23.8. The van der Waals surface area contributed by atoms with Crippen molar-refractivity contribution in [2.45, 2.75) is 41.5 Å². The number of nitrogens with zero attached hydrogens (tertiary/aromatic N) is 3. The Morgan fingerprint density at radius 1 is 1.00 bits per heavy atom. The number of ether oxygens (including phenoxy) is 1. The lowest BCUT2D eigenvalue weighted by molar-refractivity contribution is 0.462. The highest BCUT2D eigenvalue weighted by Crippen LogP contribution is 2.25. The van der Waals surface area contributed by atoms with Crippen LogP contribution in [0.25, 0.3) is 11.1 Å². The quantitative estimate of drug-likeness (QED) is 0.422. The maximum absolute atomic E-state index is 13.7. The highest BCUT2D eigenvalue weighted by atomic mass is 19.1. The fourth-order valence-electron chi connectivity index (χ4n) is 2.13. The summed E-state index contributed by atoms with van der Waals surface area (Å²) in [6, 6.07) is 13.1. The molecule has 0 fully saturated rings. The molecule has 5 heteroatoms. The molecule has 0 N–H and O–H groups in total. The van der Waals surface area contributed by atoms with Gasteiger partial charge < -0.3 is 4.74 Å². The van der Waals surface area contributed by atoms with Gasteiger partial charge in [0.05, 0.1) is 0 Å². The molecular weight excluding hydrogens is 365 g/mol. The molecule has 0 aliphatic rings. The molecule has 0 aliphatic carbocycles. The number of fused-ring (bicyclic) bond motifs is 1. The molecule has 29 heavy (non-hydrogen) atoms. The highest BCUT2D eigenvalue weighted by Gasteiger charge is 2.11. The molecule has 0 atom stereocenters. The smallest absolute Gasteiger partial charge is 0.247 e. The van der Waals surface area contributed by atoms with Gasteiger partial charge in [-0.15, -0.1) is 5.10 Å². The van der Waals surface area contributed by atoms with E-state index in [1.807, 2.05) is 70.2 Å². The lowest BCUT2D eigenvalue weighted by Crippen LogP contribution is -2.02. The number of halogens is 1. The van der Waals surface area contributed by atoms with Gasteiger partial charge in [0, 0.05) is 11.8 Å². The second-order valence-electron chi connectivity index (χ2n) is 5.70. The first-order valence-corrected chi connectivity index (χ1v) is 9.83. The van der Waals surface area contributed by atoms with Gasteiger partial charge in [-0.2, -0.15) is 4.98 Å². The first-order valence-electron chi connectivity index (χ1n) is 9.83. The molecule has 0 aliphatic heterocycles. The van der Waals surface area contributed by atoms with Crippen LogP contribution in [0.3, 0.4) is 0 Å². The van der Waals surface area contributed by atoms with Crippen LogP contribution in [-0.2, 0) is 0 Å². The standard InChI is InChI=1S/C20H18FN3O.2C2H6/c1-14(2)17(21)12-11-15(3)19-22-20(18-10-7-13-24(18)23-19)25-16-8-5-4-6-9-16;2*1-2/h4-13H,3H2,1-2H3;2*1-2H3/b12-11-;;. The maximum Gasteiger partial charge on any atom is 0.247 e. The predicted octanol–water partition coefficient (Wildman–Crippen LogP) is 7.41. The molecule has 1 aromatic carbocycles. The summed E-state index contributed by atoms with van der Waals surface area (Å²) in [7, 11) is 0. The average molecular weight is 396 g/mol. The van der Waals surface area contributed by atoms with E-state index in [-0.39, 0.29) is 5.83 Å². The summed E-state index contributed by atoms with van der Waals surface area (Å²) in [4.78, 5) is 4.45. The van der Waals surface area contributed by atoms with Gasteiger partial charge in [0.15, 0.2) is 5.82 Å². The SMILES string of the molecule is C=C(/C=C\C(F)=C(C)C)c1nc(Oc2ccccc2)c2cccn2n1.CC.CC. The Morgan fingerprint density at radius 2 is 1.66 bits per heavy atom. The van der Waals surface area contributed by atoms with Crippen LogP contribution < -0.4 is 4.74 Å². The third kappa shape index (κ3) is 6.71. The van der Waals surface area contributed by atoms with E-state index in [1.54, 1.807) is 30.6 Å². The first-order chi connectivity index (χ1) is 14.0. The van der Waals surface area contributed by atoms with Crippen LogP contribution in [0.15, 0.2) is 78.8 Å². The number of hydrogen-bond acceptors (Lipinski definition) is 3. The van der Waals surface area contributed by atoms with Crippen LogP contribution in [0, 0.1) is 0 Å². The summed E-state index contributed by atoms with van der Waals surface area (Å²) in [5, 5.41) is 4.40. The van der Waals surface area contributed by atoms with Crippen molar-refractivity contribution in [3.63, 3.8) is 0 Å². The lowest BCUT2D eigenvalue weighted by Gasteiger charge is -2.08. The molecule has 0 spiro atoms. The van der Waals surface area contributed by atoms with E-state index in [2.05, 4.69) is 16.7 Å². The Labute approximate surface area is 173 Å². The predicted molar refractivity (Wildman–Crippen MR) is 120 cm³/mol. The van der Waals surface area contributed by atoms with Gasteiger partial charge in [0.2, 0.25) is 5.88 Å². The molecule has 0 saturated carbocycles. The van der Waals surface area contributed by atoms with Crippen LogP contribution in [0.2, 0.25) is 0 Å². The fourth-order valence-corrected chi connectivity index (χ4v) is 2.13. The molecule has 3 rings (SSSR count). The zero-order valence-electron chi connectivity index (χ0n) is 18.1. The molecule has 0 bridgehead atoms. The van der Waals surface area contributed by atoms with Crippen LogP contribution in [0.1, 0.15) is 47.4 Å². The Balaban J connectivity index is 0.000000989. The van der Waals surface area contributed by atoms with Crippen molar-refractivity contribution in [3.8, 4) is 11.6 Å². The van der Waals surface area contributed by atoms with Gasteiger partial charge in [0.25, 0.3) is 0 Å². The van der Waals surface area contributed by atoms with Crippen molar-refractivity contribution in [2.24, 2.45) is 0 Å². The summed E-state index contributed by atoms with van der Waals surface area (Å²) in [6.07, 6.45) is 4.71. The number of hydrogen-bond donors (Lipinski definition) is 0. The van der Waals surface area contributed by atoms with Crippen LogP contribution >= 0.6 is 0 Å². The lowest BCUT2D eigenvalue weighted by atomic mass is 10.2. The third-order valence-electron chi connectivity index (χ3n) is 3.51. The topological polar surface area (TPSA) is 39.4 Å². The van der Waals surface area contributed by atoms with E-state index < -0.39 is 0 Å². The number of aromatic nitrogens is 3. The van der Waals surface area contributed by atoms with Gasteiger partial charge in [-0.05, 0) is 55.8 Å². The molecule has 0 unspecified atom stereocenters. The summed E-state index contributed by atoms with van der Waals surface area (Å²) < 4.78 is 21.2. The second-order valence-corrected chi connectivity index (χ2v) is 5.70. The summed E-state index contributed by atoms with van der Waals surface area (Å²) in [5.74, 6) is 1.15. The molecule has 0 saturated heterocycles. The molecule has 3 aromatic rings. The molecule has 2 heterocycles. The maximum atomic E-state index is 13.7. The summed E-state index contributed by atoms with van der Waals surface area (Å²) >= 11 is 0. The molecule has 0 amide bonds. The van der Waals surface area contributed by atoms with E-state index in [0.717, 1.165) is 5.52 Å². The minimum absolute atomic E-state index is 0.302. The number of benzene rings is 1.